The molecule has 0 radical (unpaired) electrons. The summed E-state index contributed by atoms with van der Waals surface area (Å²) < 4.78 is 9.98. The molecule has 0 atom stereocenters. The fourth-order valence-electron chi connectivity index (χ4n) is 1.08. The van der Waals surface area contributed by atoms with Gasteiger partial charge in [-0.05, 0) is 6.92 Å². The van der Waals surface area contributed by atoms with Gasteiger partial charge >= 0.3 is 12.1 Å². The van der Waals surface area contributed by atoms with Gasteiger partial charge in [0.25, 0.3) is 11.8 Å². The van der Waals surface area contributed by atoms with Crippen LogP contribution in [0.1, 0.15) is 13.3 Å². The van der Waals surface area contributed by atoms with Gasteiger partial charge in [0, 0.05) is 31.5 Å². The van der Waals surface area contributed by atoms with Crippen LogP contribution >= 0.6 is 0 Å². The Balaban J connectivity index is 0. The molecular weight excluding hydrogens is 324 g/mol. The lowest BCUT2D eigenvalue weighted by Crippen LogP contribution is -2.28. The number of aliphatic carboxylic acids is 1. The minimum absolute atomic E-state index is 0.0825. The van der Waals surface area contributed by atoms with E-state index in [2.05, 4.69) is 22.5 Å². The number of carbonyl (C=O) groups is 3. The van der Waals surface area contributed by atoms with Gasteiger partial charge in [-0.1, -0.05) is 0 Å². The van der Waals surface area contributed by atoms with E-state index in [1.807, 2.05) is 6.92 Å². The first-order valence-electron chi connectivity index (χ1n) is 6.92. The van der Waals surface area contributed by atoms with Crippen molar-refractivity contribution in [1.82, 2.24) is 10.6 Å². The van der Waals surface area contributed by atoms with Crippen molar-refractivity contribution < 1.29 is 38.6 Å². The predicted molar refractivity (Wildman–Crippen MR) is 78.4 cm³/mol. The second-order valence-corrected chi connectivity index (χ2v) is 3.80. The lowest BCUT2D eigenvalue weighted by molar-refractivity contribution is -0.191. The zero-order chi connectivity index (χ0) is 18.6. The number of hydrogen-bond donors (Lipinski definition) is 3. The van der Waals surface area contributed by atoms with Gasteiger partial charge in [0.05, 0.1) is 26.2 Å². The van der Waals surface area contributed by atoms with Crippen LogP contribution in [0.15, 0.2) is 0 Å². The molecule has 0 unspecified atom stereocenters. The highest BCUT2D eigenvalue weighted by Crippen LogP contribution is 1.81. The van der Waals surface area contributed by atoms with Crippen molar-refractivity contribution in [2.75, 3.05) is 39.5 Å². The number of carboxylic acid groups (broad SMARTS) is 1. The Labute approximate surface area is 138 Å². The average Bonchev–Trinajstić information content (AvgIpc) is 2.53. The van der Waals surface area contributed by atoms with Crippen LogP contribution in [0.4, 0.5) is 0 Å². The maximum Gasteiger partial charge on any atom is 0.373 e. The molecule has 0 saturated heterocycles. The summed E-state index contributed by atoms with van der Waals surface area (Å²) in [5.41, 5.74) is 0. The molecule has 0 aliphatic carbocycles. The highest BCUT2D eigenvalue weighted by molar-refractivity contribution is 6.02. The molecule has 10 nitrogen and oxygen atoms in total. The van der Waals surface area contributed by atoms with Gasteiger partial charge in [-0.25, -0.2) is 0 Å². The minimum atomic E-state index is -0.944. The Morgan fingerprint density at radius 3 is 1.79 bits per heavy atom. The summed E-state index contributed by atoms with van der Waals surface area (Å²) in [7, 11) is 0. The molecule has 0 aliphatic heterocycles. The predicted octanol–water partition coefficient (Wildman–Crippen LogP) is -1.83. The molecule has 0 aromatic rings. The molecule has 0 bridgehead atoms. The summed E-state index contributed by atoms with van der Waals surface area (Å²) in [6.07, 6.45) is 0.162. The molecule has 0 spiro atoms. The fourth-order valence-corrected chi connectivity index (χ4v) is 1.08. The molecule has 3 N–H and O–H groups in total. The molecule has 0 saturated carbocycles. The first kappa shape index (κ1) is 23.5. The van der Waals surface area contributed by atoms with Gasteiger partial charge in [0.15, 0.2) is 0 Å². The zero-order valence-corrected chi connectivity index (χ0v) is 13.3. The SMILES string of the molecule is CCOCCNC(=O)C#CC(=O)NCCOCCC(=O)O.O=C=O. The first-order valence-corrected chi connectivity index (χ1v) is 6.92. The van der Waals surface area contributed by atoms with Gasteiger partial charge in [-0.3, -0.25) is 14.4 Å². The normalized spacial score (nSPS) is 8.54. The molecule has 0 rings (SSSR count). The Bertz CT molecular complexity index is 475. The van der Waals surface area contributed by atoms with E-state index in [1.165, 1.54) is 0 Å². The number of amides is 2. The molecule has 0 fully saturated rings. The summed E-state index contributed by atoms with van der Waals surface area (Å²) >= 11 is 0. The van der Waals surface area contributed by atoms with Crippen LogP contribution in [0.5, 0.6) is 0 Å². The van der Waals surface area contributed by atoms with Crippen LogP contribution in [0.3, 0.4) is 0 Å². The van der Waals surface area contributed by atoms with E-state index >= 15 is 0 Å². The van der Waals surface area contributed by atoms with Crippen LogP contribution in [-0.2, 0) is 33.4 Å². The van der Waals surface area contributed by atoms with E-state index in [0.29, 0.717) is 19.8 Å². The number of hydrogen-bond acceptors (Lipinski definition) is 7. The second kappa shape index (κ2) is 18.3. The summed E-state index contributed by atoms with van der Waals surface area (Å²) in [5, 5.41) is 13.2. The van der Waals surface area contributed by atoms with Crippen LogP contribution in [0, 0.1) is 11.8 Å². The number of carboxylic acids is 1. The van der Waals surface area contributed by atoms with Crippen molar-refractivity contribution >= 4 is 23.9 Å². The van der Waals surface area contributed by atoms with Crippen molar-refractivity contribution in [3.8, 4) is 11.8 Å². The number of carbonyl (C=O) groups excluding carboxylic acids is 4. The van der Waals surface area contributed by atoms with E-state index in [9.17, 15) is 14.4 Å². The lowest BCUT2D eigenvalue weighted by atomic mass is 10.4. The molecule has 24 heavy (non-hydrogen) atoms. The summed E-state index contributed by atoms with van der Waals surface area (Å²) in [5.74, 6) is 2.17. The highest BCUT2D eigenvalue weighted by Gasteiger charge is 1.99. The van der Waals surface area contributed by atoms with Crippen LogP contribution in [-0.4, -0.2) is 68.6 Å². The number of nitrogens with one attached hydrogen (secondary N) is 2. The van der Waals surface area contributed by atoms with E-state index in [4.69, 9.17) is 24.2 Å². The summed E-state index contributed by atoms with van der Waals surface area (Å²) in [6, 6.07) is 0. The third kappa shape index (κ3) is 21.6. The van der Waals surface area contributed by atoms with Crippen LogP contribution in [0.25, 0.3) is 0 Å². The Hall–Kier alpha value is -2.73. The van der Waals surface area contributed by atoms with Crippen molar-refractivity contribution in [3.05, 3.63) is 0 Å². The van der Waals surface area contributed by atoms with Gasteiger partial charge in [-0.2, -0.15) is 9.59 Å². The molecule has 0 aliphatic rings. The third-order valence-electron chi connectivity index (χ3n) is 2.02. The summed E-state index contributed by atoms with van der Waals surface area (Å²) in [6.45, 7) is 3.60. The topological polar surface area (TPSA) is 148 Å². The minimum Gasteiger partial charge on any atom is -0.481 e. The van der Waals surface area contributed by atoms with Crippen LogP contribution in [0.2, 0.25) is 0 Å². The third-order valence-corrected chi connectivity index (χ3v) is 2.02. The lowest BCUT2D eigenvalue weighted by Gasteiger charge is -2.02. The van der Waals surface area contributed by atoms with Gasteiger partial charge < -0.3 is 25.2 Å². The van der Waals surface area contributed by atoms with Gasteiger partial charge in [0.2, 0.25) is 0 Å². The standard InChI is InChI=1S/C13H20N2O6.CO2/c1-2-20-9-6-14-11(16)3-4-12(17)15-7-10-21-8-5-13(18)19;2-1-3/h2,5-10H2,1H3,(H,14,16)(H,15,17)(H,18,19);. The smallest absolute Gasteiger partial charge is 0.373 e. The largest absolute Gasteiger partial charge is 0.481 e. The molecule has 0 aromatic heterocycles. The van der Waals surface area contributed by atoms with Crippen molar-refractivity contribution in [1.29, 1.82) is 0 Å². The van der Waals surface area contributed by atoms with Gasteiger partial charge in [0.1, 0.15) is 0 Å². The van der Waals surface area contributed by atoms with Crippen LogP contribution < -0.4 is 10.6 Å². The molecule has 10 heteroatoms. The maximum atomic E-state index is 11.2. The Kier molecular flexibility index (Phi) is 18.0. The van der Waals surface area contributed by atoms with E-state index in [1.54, 1.807) is 0 Å². The monoisotopic (exact) mass is 344 g/mol. The van der Waals surface area contributed by atoms with E-state index < -0.39 is 17.8 Å². The molecule has 0 aromatic carbocycles. The Morgan fingerprint density at radius 1 is 0.917 bits per heavy atom. The second-order valence-electron chi connectivity index (χ2n) is 3.80. The van der Waals surface area contributed by atoms with Gasteiger partial charge in [-0.15, -0.1) is 0 Å². The van der Waals surface area contributed by atoms with Crippen molar-refractivity contribution in [3.63, 3.8) is 0 Å². The van der Waals surface area contributed by atoms with Crippen molar-refractivity contribution in [2.45, 2.75) is 13.3 Å². The van der Waals surface area contributed by atoms with E-state index in [-0.39, 0.29) is 32.3 Å². The fraction of sp³-hybridized carbons (Fsp3) is 0.571. The average molecular weight is 344 g/mol. The first-order chi connectivity index (χ1) is 11.5. The molecule has 0 heterocycles. The highest BCUT2D eigenvalue weighted by atomic mass is 16.5. The number of ether oxygens (including phenoxy) is 2. The Morgan fingerprint density at radius 2 is 1.38 bits per heavy atom. The quantitative estimate of drug-likeness (QED) is 0.309. The maximum absolute atomic E-state index is 11.2. The molecule has 2 amide bonds. The summed E-state index contributed by atoms with van der Waals surface area (Å²) in [4.78, 5) is 48.9. The zero-order valence-electron chi connectivity index (χ0n) is 13.3. The molecular formula is C14H20N2O8. The van der Waals surface area contributed by atoms with E-state index in [0.717, 1.165) is 0 Å². The van der Waals surface area contributed by atoms with Crippen molar-refractivity contribution in [2.24, 2.45) is 0 Å². The molecule has 134 valence electrons. The number of rotatable bonds is 10.